The molecule has 3 heterocycles. The molecule has 0 aromatic carbocycles. The summed E-state index contributed by atoms with van der Waals surface area (Å²) in [7, 11) is 1.40. The molecule has 3 rings (SSSR count). The summed E-state index contributed by atoms with van der Waals surface area (Å²) >= 11 is 0. The minimum atomic E-state index is -4.86. The largest absolute Gasteiger partial charge is 0.420 e. The molecule has 28 heavy (non-hydrogen) atoms. The fourth-order valence-corrected chi connectivity index (χ4v) is 2.65. The number of anilines is 1. The Morgan fingerprint density at radius 1 is 1.21 bits per heavy atom. The quantitative estimate of drug-likeness (QED) is 0.408. The van der Waals surface area contributed by atoms with E-state index in [1.807, 2.05) is 0 Å². The number of alkyl halides is 3. The van der Waals surface area contributed by atoms with Gasteiger partial charge in [0.2, 0.25) is 11.5 Å². The number of nitrogens with zero attached hydrogens (tertiary/aromatic N) is 5. The van der Waals surface area contributed by atoms with Crippen LogP contribution in [0, 0.1) is 10.1 Å². The van der Waals surface area contributed by atoms with E-state index in [4.69, 9.17) is 4.42 Å². The Balaban J connectivity index is 2.26. The molecule has 2 aromatic heterocycles. The summed E-state index contributed by atoms with van der Waals surface area (Å²) in [6, 6.07) is 0.390. The second kappa shape index (κ2) is 7.37. The number of allylic oxidation sites excluding steroid dienone is 1. The monoisotopic (exact) mass is 397 g/mol. The van der Waals surface area contributed by atoms with Gasteiger partial charge in [-0.1, -0.05) is 12.2 Å². The van der Waals surface area contributed by atoms with Crippen LogP contribution in [0.3, 0.4) is 0 Å². The van der Waals surface area contributed by atoms with Crippen LogP contribution in [0.1, 0.15) is 35.5 Å². The number of ketones is 1. The second-order valence-electron chi connectivity index (χ2n) is 6.04. The molecule has 0 aliphatic carbocycles. The molecule has 9 nitrogen and oxygen atoms in total. The Morgan fingerprint density at radius 2 is 1.89 bits per heavy atom. The van der Waals surface area contributed by atoms with Gasteiger partial charge in [-0.25, -0.2) is 4.98 Å². The van der Waals surface area contributed by atoms with Crippen LogP contribution in [0.4, 0.5) is 24.7 Å². The van der Waals surface area contributed by atoms with E-state index < -0.39 is 45.5 Å². The summed E-state index contributed by atoms with van der Waals surface area (Å²) in [4.78, 5) is 27.5. The van der Waals surface area contributed by atoms with Crippen molar-refractivity contribution in [3.8, 4) is 11.6 Å². The maximum Gasteiger partial charge on any atom is 0.420 e. The van der Waals surface area contributed by atoms with Crippen LogP contribution in [0.25, 0.3) is 11.6 Å². The van der Waals surface area contributed by atoms with E-state index in [0.717, 1.165) is 0 Å². The molecule has 0 N–H and O–H groups in total. The highest BCUT2D eigenvalue weighted by Crippen LogP contribution is 2.40. The first-order valence-corrected chi connectivity index (χ1v) is 8.18. The number of aromatic nitrogens is 3. The van der Waals surface area contributed by atoms with E-state index >= 15 is 0 Å². The molecule has 1 aliphatic heterocycles. The van der Waals surface area contributed by atoms with Crippen molar-refractivity contribution in [2.24, 2.45) is 0 Å². The van der Waals surface area contributed by atoms with Gasteiger partial charge in [0, 0.05) is 26.1 Å². The van der Waals surface area contributed by atoms with Crippen molar-refractivity contribution in [3.05, 3.63) is 39.8 Å². The Morgan fingerprint density at radius 3 is 2.57 bits per heavy atom. The first-order valence-electron chi connectivity index (χ1n) is 8.18. The highest BCUT2D eigenvalue weighted by Gasteiger charge is 2.39. The summed E-state index contributed by atoms with van der Waals surface area (Å²) < 4.78 is 45.7. The van der Waals surface area contributed by atoms with Crippen LogP contribution >= 0.6 is 0 Å². The number of fused-ring (bicyclic) bond motifs is 5. The molecule has 1 aliphatic rings. The number of carbonyl (C=O) groups is 1. The van der Waals surface area contributed by atoms with Crippen molar-refractivity contribution in [1.29, 1.82) is 0 Å². The molecule has 148 valence electrons. The lowest BCUT2D eigenvalue weighted by molar-refractivity contribution is -0.384. The van der Waals surface area contributed by atoms with E-state index in [1.54, 1.807) is 12.2 Å². The predicted octanol–water partition coefficient (Wildman–Crippen LogP) is 3.42. The zero-order valence-electron chi connectivity index (χ0n) is 14.6. The molecular weight excluding hydrogens is 383 g/mol. The van der Waals surface area contributed by atoms with Crippen molar-refractivity contribution in [3.63, 3.8) is 0 Å². The highest BCUT2D eigenvalue weighted by atomic mass is 19.4. The minimum Gasteiger partial charge on any atom is -0.412 e. The fourth-order valence-electron chi connectivity index (χ4n) is 2.65. The Hall–Kier alpha value is -3.31. The summed E-state index contributed by atoms with van der Waals surface area (Å²) in [5.41, 5.74) is -2.73. The summed E-state index contributed by atoms with van der Waals surface area (Å²) in [6.07, 6.45) is -0.534. The molecule has 0 fully saturated rings. The number of nitro groups is 1. The molecule has 0 saturated carbocycles. The third-order valence-corrected chi connectivity index (χ3v) is 4.05. The first kappa shape index (κ1) is 19.5. The lowest BCUT2D eigenvalue weighted by Crippen LogP contribution is -2.24. The third kappa shape index (κ3) is 3.85. The van der Waals surface area contributed by atoms with Crippen molar-refractivity contribution in [2.75, 3.05) is 18.5 Å². The van der Waals surface area contributed by atoms with E-state index in [9.17, 15) is 28.1 Å². The number of hydrogen-bond acceptors (Lipinski definition) is 8. The molecular formula is C16H14F3N5O4. The standard InChI is InChI=1S/C16H14F3N5O4/c1-23-7-5-3-2-4-6-11(25)14-21-22-15(28-14)12-10(24(26)27)8-9(13(23)20-12)16(17,18)19/h2-3,8H,4-7H2,1H3. The lowest BCUT2D eigenvalue weighted by Gasteiger charge is -2.22. The van der Waals surface area contributed by atoms with Crippen LogP contribution in [0.5, 0.6) is 0 Å². The van der Waals surface area contributed by atoms with Gasteiger partial charge in [0.15, 0.2) is 0 Å². The van der Waals surface area contributed by atoms with Gasteiger partial charge in [-0.3, -0.25) is 14.9 Å². The number of Topliss-reactive ketones (excluding diaryl/α,β-unsaturated/α-hetero) is 1. The maximum atomic E-state index is 13.5. The van der Waals surface area contributed by atoms with Gasteiger partial charge >= 0.3 is 11.9 Å². The molecule has 0 saturated heterocycles. The maximum absolute atomic E-state index is 13.5. The number of rotatable bonds is 1. The minimum absolute atomic E-state index is 0.0851. The zero-order chi connectivity index (χ0) is 20.5. The zero-order valence-corrected chi connectivity index (χ0v) is 14.6. The fraction of sp³-hybridized carbons (Fsp3) is 0.375. The van der Waals surface area contributed by atoms with Gasteiger partial charge in [0.25, 0.3) is 11.8 Å². The number of hydrogen-bond donors (Lipinski definition) is 0. The predicted molar refractivity (Wildman–Crippen MR) is 89.8 cm³/mol. The molecule has 0 amide bonds. The normalized spacial score (nSPS) is 15.4. The average Bonchev–Trinajstić information content (AvgIpc) is 3.11. The van der Waals surface area contributed by atoms with Gasteiger partial charge in [-0.15, -0.1) is 10.2 Å². The summed E-state index contributed by atoms with van der Waals surface area (Å²) in [5, 5.41) is 18.5. The summed E-state index contributed by atoms with van der Waals surface area (Å²) in [6.45, 7) is 0.173. The second-order valence-corrected chi connectivity index (χ2v) is 6.04. The van der Waals surface area contributed by atoms with Crippen LogP contribution in [-0.4, -0.2) is 39.5 Å². The topological polar surface area (TPSA) is 115 Å². The number of halogens is 3. The van der Waals surface area contributed by atoms with Crippen molar-refractivity contribution < 1.29 is 27.3 Å². The Bertz CT molecular complexity index is 954. The first-order chi connectivity index (χ1) is 13.2. The molecule has 0 radical (unpaired) electrons. The van der Waals surface area contributed by atoms with Gasteiger partial charge < -0.3 is 9.32 Å². The molecule has 2 aromatic rings. The average molecular weight is 397 g/mol. The molecule has 0 unspecified atom stereocenters. The van der Waals surface area contributed by atoms with Crippen molar-refractivity contribution >= 4 is 17.3 Å². The number of pyridine rings is 1. The molecule has 0 spiro atoms. The lowest BCUT2D eigenvalue weighted by atomic mass is 10.1. The SMILES string of the molecule is CN1CCC=CCCC(=O)c2nnc(o2)-c2nc1c(C(F)(F)F)cc2[N+](=O)[O-]. The Kier molecular flexibility index (Phi) is 5.12. The van der Waals surface area contributed by atoms with Crippen LogP contribution in [0.15, 0.2) is 22.6 Å². The van der Waals surface area contributed by atoms with Crippen LogP contribution in [-0.2, 0) is 6.18 Å². The van der Waals surface area contributed by atoms with Gasteiger partial charge in [-0.2, -0.15) is 13.2 Å². The van der Waals surface area contributed by atoms with E-state index in [1.165, 1.54) is 11.9 Å². The van der Waals surface area contributed by atoms with E-state index in [0.29, 0.717) is 18.9 Å². The van der Waals surface area contributed by atoms with Crippen molar-refractivity contribution in [2.45, 2.75) is 25.4 Å². The van der Waals surface area contributed by atoms with E-state index in [-0.39, 0.29) is 18.9 Å². The molecule has 4 bridgehead atoms. The van der Waals surface area contributed by atoms with Gasteiger partial charge in [-0.05, 0) is 12.8 Å². The highest BCUT2D eigenvalue weighted by molar-refractivity contribution is 5.91. The van der Waals surface area contributed by atoms with Crippen LogP contribution < -0.4 is 4.90 Å². The third-order valence-electron chi connectivity index (χ3n) is 4.05. The number of carbonyl (C=O) groups excluding carboxylic acids is 1. The summed E-state index contributed by atoms with van der Waals surface area (Å²) in [5.74, 6) is -1.87. The smallest absolute Gasteiger partial charge is 0.412 e. The van der Waals surface area contributed by atoms with Gasteiger partial charge in [0.05, 0.1) is 4.92 Å². The Labute approximate surface area is 156 Å². The van der Waals surface area contributed by atoms with Crippen molar-refractivity contribution in [1.82, 2.24) is 15.2 Å². The van der Waals surface area contributed by atoms with Crippen LogP contribution in [0.2, 0.25) is 0 Å². The molecule has 12 heteroatoms. The molecule has 0 atom stereocenters. The van der Waals surface area contributed by atoms with E-state index in [2.05, 4.69) is 15.2 Å². The van der Waals surface area contributed by atoms with Gasteiger partial charge in [0.1, 0.15) is 11.4 Å².